The van der Waals surface area contributed by atoms with Gasteiger partial charge in [-0.05, 0) is 46.4 Å². The fourth-order valence-electron chi connectivity index (χ4n) is 3.32. The van der Waals surface area contributed by atoms with Gasteiger partial charge in [0.1, 0.15) is 0 Å². The summed E-state index contributed by atoms with van der Waals surface area (Å²) in [5.74, 6) is 0. The molecule has 128 valence electrons. The Labute approximate surface area is 151 Å². The molecule has 25 heavy (non-hydrogen) atoms. The lowest BCUT2D eigenvalue weighted by Gasteiger charge is -2.22. The van der Waals surface area contributed by atoms with Crippen LogP contribution < -0.4 is 5.32 Å². The van der Waals surface area contributed by atoms with Gasteiger partial charge < -0.3 is 10.2 Å². The number of nitrogens with one attached hydrogen (secondary N) is 1. The number of hydrogen-bond donors (Lipinski definition) is 1. The number of nitrogens with zero attached hydrogens (tertiary/aromatic N) is 1. The zero-order valence-electron chi connectivity index (χ0n) is 15.2. The van der Waals surface area contributed by atoms with Crippen LogP contribution in [0.1, 0.15) is 30.0 Å². The Kier molecular flexibility index (Phi) is 4.80. The zero-order valence-corrected chi connectivity index (χ0v) is 15.2. The smallest absolute Gasteiger partial charge is 0.0768 e. The molecule has 0 radical (unpaired) electrons. The zero-order chi connectivity index (χ0) is 18.0. The number of fused-ring (bicyclic) bond motifs is 1. The lowest BCUT2D eigenvalue weighted by Crippen LogP contribution is -2.18. The van der Waals surface area contributed by atoms with Crippen LogP contribution >= 0.6 is 0 Å². The van der Waals surface area contributed by atoms with E-state index >= 15 is 0 Å². The van der Waals surface area contributed by atoms with Gasteiger partial charge in [0.2, 0.25) is 0 Å². The lowest BCUT2D eigenvalue weighted by molar-refractivity contribution is 0.401. The van der Waals surface area contributed by atoms with Gasteiger partial charge in [0.15, 0.2) is 0 Å². The molecule has 0 saturated carbocycles. The SMILES string of the molecule is C=C1c2ccccc2C(=C)C1Nc1cccc(CN(C)C(=C)CC)c1. The van der Waals surface area contributed by atoms with Crippen LogP contribution in [0.25, 0.3) is 11.1 Å². The average molecular weight is 330 g/mol. The normalized spacial score (nSPS) is 13.7. The monoisotopic (exact) mass is 330 g/mol. The molecule has 0 fully saturated rings. The van der Waals surface area contributed by atoms with E-state index in [4.69, 9.17) is 0 Å². The van der Waals surface area contributed by atoms with Crippen molar-refractivity contribution >= 4 is 16.8 Å². The van der Waals surface area contributed by atoms with E-state index in [1.165, 1.54) is 16.7 Å². The van der Waals surface area contributed by atoms with Crippen molar-refractivity contribution in [2.24, 2.45) is 0 Å². The van der Waals surface area contributed by atoms with Gasteiger partial charge >= 0.3 is 0 Å². The Hall–Kier alpha value is -2.74. The number of benzene rings is 2. The minimum Gasteiger partial charge on any atom is -0.374 e. The van der Waals surface area contributed by atoms with Crippen molar-refractivity contribution in [2.75, 3.05) is 12.4 Å². The number of allylic oxidation sites excluding steroid dienone is 1. The van der Waals surface area contributed by atoms with Crippen LogP contribution in [0.4, 0.5) is 5.69 Å². The molecule has 0 aliphatic heterocycles. The van der Waals surface area contributed by atoms with Gasteiger partial charge in [-0.2, -0.15) is 0 Å². The van der Waals surface area contributed by atoms with Gasteiger partial charge in [0, 0.05) is 25.0 Å². The lowest BCUT2D eigenvalue weighted by atomic mass is 10.1. The van der Waals surface area contributed by atoms with E-state index in [1.807, 2.05) is 0 Å². The molecule has 0 spiro atoms. The second-order valence-electron chi connectivity index (χ2n) is 6.65. The van der Waals surface area contributed by atoms with E-state index in [0.717, 1.165) is 35.5 Å². The van der Waals surface area contributed by atoms with E-state index in [1.54, 1.807) is 0 Å². The summed E-state index contributed by atoms with van der Waals surface area (Å²) in [6.45, 7) is 15.7. The van der Waals surface area contributed by atoms with Crippen molar-refractivity contribution in [3.63, 3.8) is 0 Å². The molecule has 0 saturated heterocycles. The summed E-state index contributed by atoms with van der Waals surface area (Å²) in [5.41, 5.74) is 8.05. The second-order valence-corrected chi connectivity index (χ2v) is 6.65. The minimum atomic E-state index is 0.0518. The van der Waals surface area contributed by atoms with Crippen molar-refractivity contribution in [3.05, 3.63) is 90.7 Å². The number of anilines is 1. The summed E-state index contributed by atoms with van der Waals surface area (Å²) in [4.78, 5) is 2.20. The van der Waals surface area contributed by atoms with Crippen molar-refractivity contribution in [1.82, 2.24) is 4.90 Å². The molecule has 3 rings (SSSR count). The summed E-state index contributed by atoms with van der Waals surface area (Å²) in [6.07, 6.45) is 0.967. The third-order valence-electron chi connectivity index (χ3n) is 4.92. The maximum absolute atomic E-state index is 4.29. The van der Waals surface area contributed by atoms with Crippen molar-refractivity contribution < 1.29 is 0 Å². The molecule has 2 heteroatoms. The number of rotatable bonds is 6. The van der Waals surface area contributed by atoms with Gasteiger partial charge in [0.25, 0.3) is 0 Å². The predicted molar refractivity (Wildman–Crippen MR) is 109 cm³/mol. The fourth-order valence-corrected chi connectivity index (χ4v) is 3.32. The van der Waals surface area contributed by atoms with Crippen molar-refractivity contribution in [2.45, 2.75) is 25.9 Å². The Bertz CT molecular complexity index is 796. The quantitative estimate of drug-likeness (QED) is 0.745. The second kappa shape index (κ2) is 7.02. The van der Waals surface area contributed by atoms with Crippen LogP contribution in [-0.4, -0.2) is 18.0 Å². The van der Waals surface area contributed by atoms with Crippen LogP contribution in [0, 0.1) is 0 Å². The third kappa shape index (κ3) is 3.39. The van der Waals surface area contributed by atoms with E-state index in [0.29, 0.717) is 0 Å². The maximum Gasteiger partial charge on any atom is 0.0768 e. The first-order valence-corrected chi connectivity index (χ1v) is 8.73. The van der Waals surface area contributed by atoms with Gasteiger partial charge in [-0.25, -0.2) is 0 Å². The molecule has 2 aromatic rings. The molecule has 1 aliphatic carbocycles. The molecule has 0 atom stereocenters. The minimum absolute atomic E-state index is 0.0518. The van der Waals surface area contributed by atoms with Crippen LogP contribution in [0.3, 0.4) is 0 Å². The van der Waals surface area contributed by atoms with Crippen LogP contribution in [0.5, 0.6) is 0 Å². The number of hydrogen-bond acceptors (Lipinski definition) is 2. The van der Waals surface area contributed by atoms with Gasteiger partial charge in [-0.15, -0.1) is 0 Å². The standard InChI is InChI=1S/C23H26N2/c1-6-16(2)25(5)15-19-10-9-11-20(14-19)24-23-17(3)21-12-7-8-13-22(21)18(23)4/h7-14,23-24H,2-4,6,15H2,1,5H3. The Morgan fingerprint density at radius 3 is 2.28 bits per heavy atom. The first-order chi connectivity index (χ1) is 12.0. The summed E-state index contributed by atoms with van der Waals surface area (Å²) in [6, 6.07) is 16.9. The largest absolute Gasteiger partial charge is 0.374 e. The highest BCUT2D eigenvalue weighted by Gasteiger charge is 2.28. The van der Waals surface area contributed by atoms with Gasteiger partial charge in [-0.3, -0.25) is 0 Å². The molecule has 0 aromatic heterocycles. The van der Waals surface area contributed by atoms with E-state index in [9.17, 15) is 0 Å². The van der Waals surface area contributed by atoms with Crippen molar-refractivity contribution in [3.8, 4) is 0 Å². The van der Waals surface area contributed by atoms with E-state index in [2.05, 4.69) is 92.5 Å². The van der Waals surface area contributed by atoms with E-state index in [-0.39, 0.29) is 6.04 Å². The molecule has 0 bridgehead atoms. The average Bonchev–Trinajstić information content (AvgIpc) is 2.86. The highest BCUT2D eigenvalue weighted by molar-refractivity contribution is 5.98. The summed E-state index contributed by atoms with van der Waals surface area (Å²) < 4.78 is 0. The molecule has 0 amide bonds. The molecule has 0 heterocycles. The molecule has 2 nitrogen and oxygen atoms in total. The molecule has 0 unspecified atom stereocenters. The third-order valence-corrected chi connectivity index (χ3v) is 4.92. The Morgan fingerprint density at radius 1 is 1.04 bits per heavy atom. The highest BCUT2D eigenvalue weighted by Crippen LogP contribution is 2.40. The molecule has 1 aliphatic rings. The first-order valence-electron chi connectivity index (χ1n) is 8.73. The summed E-state index contributed by atoms with van der Waals surface area (Å²) >= 11 is 0. The van der Waals surface area contributed by atoms with Crippen LogP contribution in [0.2, 0.25) is 0 Å². The van der Waals surface area contributed by atoms with E-state index < -0.39 is 0 Å². The van der Waals surface area contributed by atoms with Crippen LogP contribution in [0.15, 0.2) is 74.0 Å². The van der Waals surface area contributed by atoms with Gasteiger partial charge in [0.05, 0.1) is 6.04 Å². The maximum atomic E-state index is 4.29. The molecular formula is C23H26N2. The molecule has 1 N–H and O–H groups in total. The Morgan fingerprint density at radius 2 is 1.68 bits per heavy atom. The molecular weight excluding hydrogens is 304 g/mol. The van der Waals surface area contributed by atoms with Gasteiger partial charge in [-0.1, -0.05) is 63.1 Å². The predicted octanol–water partition coefficient (Wildman–Crippen LogP) is 5.56. The Balaban J connectivity index is 1.76. The summed E-state index contributed by atoms with van der Waals surface area (Å²) in [7, 11) is 2.09. The van der Waals surface area contributed by atoms with Crippen LogP contribution in [-0.2, 0) is 6.54 Å². The fraction of sp³-hybridized carbons (Fsp3) is 0.217. The molecule has 2 aromatic carbocycles. The highest BCUT2D eigenvalue weighted by atomic mass is 15.1. The first kappa shape index (κ1) is 17.1. The summed E-state index contributed by atoms with van der Waals surface area (Å²) in [5, 5.41) is 3.60. The van der Waals surface area contributed by atoms with Crippen molar-refractivity contribution in [1.29, 1.82) is 0 Å². The topological polar surface area (TPSA) is 15.3 Å².